The summed E-state index contributed by atoms with van der Waals surface area (Å²) in [5, 5.41) is 5.59. The molecule has 4 aromatic rings. The lowest BCUT2D eigenvalue weighted by molar-refractivity contribution is -0.118. The van der Waals surface area contributed by atoms with Crippen LogP contribution in [-0.4, -0.2) is 15.5 Å². The summed E-state index contributed by atoms with van der Waals surface area (Å²) >= 11 is 7.45. The van der Waals surface area contributed by atoms with Crippen molar-refractivity contribution < 1.29 is 9.18 Å². The predicted molar refractivity (Wildman–Crippen MR) is 119 cm³/mol. The van der Waals surface area contributed by atoms with Crippen LogP contribution in [0.2, 0.25) is 5.02 Å². The van der Waals surface area contributed by atoms with Crippen LogP contribution in [-0.2, 0) is 4.79 Å². The summed E-state index contributed by atoms with van der Waals surface area (Å²) in [6.07, 6.45) is 1.38. The fourth-order valence-electron chi connectivity index (χ4n) is 3.17. The van der Waals surface area contributed by atoms with Crippen molar-refractivity contribution in [3.8, 4) is 11.1 Å². The summed E-state index contributed by atoms with van der Waals surface area (Å²) in [6.45, 7) is 3.44. The summed E-state index contributed by atoms with van der Waals surface area (Å²) in [6, 6.07) is 10.4. The van der Waals surface area contributed by atoms with Gasteiger partial charge in [-0.3, -0.25) is 14.2 Å². The first kappa shape index (κ1) is 20.3. The van der Waals surface area contributed by atoms with Crippen molar-refractivity contribution in [2.24, 2.45) is 0 Å². The van der Waals surface area contributed by atoms with E-state index in [1.165, 1.54) is 34.4 Å². The minimum absolute atomic E-state index is 0.328. The quantitative estimate of drug-likeness (QED) is 0.459. The molecular weight excluding hydrogens is 425 g/mol. The number of thiophene rings is 1. The van der Waals surface area contributed by atoms with E-state index in [0.717, 1.165) is 5.56 Å². The predicted octanol–water partition coefficient (Wildman–Crippen LogP) is 5.43. The Bertz CT molecular complexity index is 1310. The van der Waals surface area contributed by atoms with Gasteiger partial charge in [-0.25, -0.2) is 9.37 Å². The Morgan fingerprint density at radius 3 is 2.70 bits per heavy atom. The zero-order valence-corrected chi connectivity index (χ0v) is 17.7. The van der Waals surface area contributed by atoms with E-state index in [-0.39, 0.29) is 17.3 Å². The number of benzene rings is 2. The maximum atomic E-state index is 13.3. The van der Waals surface area contributed by atoms with Gasteiger partial charge in [0, 0.05) is 21.7 Å². The number of carbonyl (C=O) groups excluding carboxylic acids is 1. The van der Waals surface area contributed by atoms with Gasteiger partial charge >= 0.3 is 0 Å². The largest absolute Gasteiger partial charge is 0.324 e. The second-order valence-electron chi connectivity index (χ2n) is 6.87. The SMILES string of the molecule is Cc1c(Cl)cccc1NC(=O)C(C)n1cnc2scc(-c3ccc(F)cc3)c2c1=O. The first-order valence-corrected chi connectivity index (χ1v) is 10.4. The van der Waals surface area contributed by atoms with Crippen molar-refractivity contribution in [2.75, 3.05) is 5.32 Å². The van der Waals surface area contributed by atoms with Gasteiger partial charge in [0.15, 0.2) is 0 Å². The molecule has 0 spiro atoms. The van der Waals surface area contributed by atoms with Crippen molar-refractivity contribution in [2.45, 2.75) is 19.9 Å². The molecular formula is C22H17ClFN3O2S. The Morgan fingerprint density at radius 1 is 1.23 bits per heavy atom. The molecule has 0 bridgehead atoms. The van der Waals surface area contributed by atoms with Gasteiger partial charge in [-0.2, -0.15) is 0 Å². The molecule has 0 fully saturated rings. The van der Waals surface area contributed by atoms with Crippen molar-refractivity contribution in [1.82, 2.24) is 9.55 Å². The van der Waals surface area contributed by atoms with Gasteiger partial charge in [-0.05, 0) is 49.2 Å². The number of halogens is 2. The summed E-state index contributed by atoms with van der Waals surface area (Å²) in [4.78, 5) is 31.0. The van der Waals surface area contributed by atoms with E-state index < -0.39 is 6.04 Å². The Kier molecular flexibility index (Phi) is 5.40. The van der Waals surface area contributed by atoms with E-state index in [2.05, 4.69) is 10.3 Å². The van der Waals surface area contributed by atoms with E-state index >= 15 is 0 Å². The van der Waals surface area contributed by atoms with Crippen molar-refractivity contribution >= 4 is 44.7 Å². The Morgan fingerprint density at radius 2 is 1.97 bits per heavy atom. The standard InChI is InChI=1S/C22H17ClFN3O2S/c1-12-17(23)4-3-5-18(12)26-20(28)13(2)27-11-25-21-19(22(27)29)16(10-30-21)14-6-8-15(24)9-7-14/h3-11,13H,1-2H3,(H,26,28). The number of nitrogens with one attached hydrogen (secondary N) is 1. The molecule has 1 atom stereocenters. The second kappa shape index (κ2) is 8.01. The summed E-state index contributed by atoms with van der Waals surface area (Å²) < 4.78 is 14.6. The molecule has 8 heteroatoms. The highest BCUT2D eigenvalue weighted by atomic mass is 35.5. The highest BCUT2D eigenvalue weighted by Crippen LogP contribution is 2.31. The minimum atomic E-state index is -0.797. The van der Waals surface area contributed by atoms with Gasteiger partial charge in [0.1, 0.15) is 16.7 Å². The van der Waals surface area contributed by atoms with Crippen molar-refractivity contribution in [1.29, 1.82) is 0 Å². The number of carbonyl (C=O) groups is 1. The Hall–Kier alpha value is -3.03. The molecule has 0 radical (unpaired) electrons. The molecule has 0 aliphatic rings. The average molecular weight is 442 g/mol. The monoisotopic (exact) mass is 441 g/mol. The number of hydrogen-bond acceptors (Lipinski definition) is 4. The van der Waals surface area contributed by atoms with Crippen LogP contribution in [0.4, 0.5) is 10.1 Å². The molecule has 0 saturated heterocycles. The van der Waals surface area contributed by atoms with Crippen LogP contribution in [0.3, 0.4) is 0 Å². The second-order valence-corrected chi connectivity index (χ2v) is 8.14. The van der Waals surface area contributed by atoms with Crippen LogP contribution in [0.15, 0.2) is 59.0 Å². The van der Waals surface area contributed by atoms with Crippen molar-refractivity contribution in [3.05, 3.63) is 80.9 Å². The number of nitrogens with zero attached hydrogens (tertiary/aromatic N) is 2. The molecule has 4 rings (SSSR count). The molecule has 2 aromatic heterocycles. The van der Waals surface area contributed by atoms with Crippen LogP contribution in [0.5, 0.6) is 0 Å². The summed E-state index contributed by atoms with van der Waals surface area (Å²) in [5.41, 5.74) is 2.39. The molecule has 0 aliphatic carbocycles. The number of rotatable bonds is 4. The van der Waals surface area contributed by atoms with E-state index in [4.69, 9.17) is 11.6 Å². The van der Waals surface area contributed by atoms with Crippen LogP contribution in [0.1, 0.15) is 18.5 Å². The maximum absolute atomic E-state index is 13.3. The van der Waals surface area contributed by atoms with Crippen LogP contribution in [0, 0.1) is 12.7 Å². The first-order chi connectivity index (χ1) is 14.4. The minimum Gasteiger partial charge on any atom is -0.324 e. The molecule has 5 nitrogen and oxygen atoms in total. The molecule has 1 amide bonds. The fourth-order valence-corrected chi connectivity index (χ4v) is 4.25. The zero-order valence-electron chi connectivity index (χ0n) is 16.1. The smallest absolute Gasteiger partial charge is 0.263 e. The fraction of sp³-hybridized carbons (Fsp3) is 0.136. The third-order valence-corrected chi connectivity index (χ3v) is 6.29. The third kappa shape index (κ3) is 3.62. The van der Waals surface area contributed by atoms with E-state index in [0.29, 0.717) is 32.1 Å². The summed E-state index contributed by atoms with van der Waals surface area (Å²) in [5.74, 6) is -0.711. The van der Waals surface area contributed by atoms with Gasteiger partial charge in [-0.1, -0.05) is 29.8 Å². The van der Waals surface area contributed by atoms with Crippen molar-refractivity contribution in [3.63, 3.8) is 0 Å². The number of fused-ring (bicyclic) bond motifs is 1. The van der Waals surface area contributed by atoms with E-state index in [9.17, 15) is 14.0 Å². The number of aromatic nitrogens is 2. The van der Waals surface area contributed by atoms with Gasteiger partial charge in [0.25, 0.3) is 5.56 Å². The van der Waals surface area contributed by atoms with Crippen LogP contribution in [0.25, 0.3) is 21.3 Å². The van der Waals surface area contributed by atoms with Crippen LogP contribution < -0.4 is 10.9 Å². The zero-order chi connectivity index (χ0) is 21.4. The molecule has 152 valence electrons. The lowest BCUT2D eigenvalue weighted by Gasteiger charge is -2.16. The normalized spacial score (nSPS) is 12.1. The van der Waals surface area contributed by atoms with Gasteiger partial charge in [0.05, 0.1) is 11.7 Å². The highest BCUT2D eigenvalue weighted by molar-refractivity contribution is 7.17. The molecule has 2 aromatic carbocycles. The maximum Gasteiger partial charge on any atom is 0.263 e. The number of hydrogen-bond donors (Lipinski definition) is 1. The van der Waals surface area contributed by atoms with Gasteiger partial charge in [-0.15, -0.1) is 11.3 Å². The lowest BCUT2D eigenvalue weighted by Crippen LogP contribution is -2.31. The van der Waals surface area contributed by atoms with Crippen LogP contribution >= 0.6 is 22.9 Å². The number of anilines is 1. The first-order valence-electron chi connectivity index (χ1n) is 9.17. The third-order valence-electron chi connectivity index (χ3n) is 5.00. The summed E-state index contributed by atoms with van der Waals surface area (Å²) in [7, 11) is 0. The Balaban J connectivity index is 1.72. The Labute approximate surface area is 180 Å². The van der Waals surface area contributed by atoms with Gasteiger partial charge < -0.3 is 5.32 Å². The molecule has 0 aliphatic heterocycles. The molecule has 1 N–H and O–H groups in total. The number of amides is 1. The molecule has 30 heavy (non-hydrogen) atoms. The molecule has 0 saturated carbocycles. The van der Waals surface area contributed by atoms with E-state index in [1.807, 2.05) is 12.3 Å². The lowest BCUT2D eigenvalue weighted by atomic mass is 10.1. The molecule has 1 unspecified atom stereocenters. The average Bonchev–Trinajstić information content (AvgIpc) is 3.17. The highest BCUT2D eigenvalue weighted by Gasteiger charge is 2.21. The molecule has 2 heterocycles. The van der Waals surface area contributed by atoms with E-state index in [1.54, 1.807) is 37.3 Å². The van der Waals surface area contributed by atoms with Gasteiger partial charge in [0.2, 0.25) is 5.91 Å². The topological polar surface area (TPSA) is 64.0 Å².